The number of fused-ring (bicyclic) bond motifs is 1. The van der Waals surface area contributed by atoms with Crippen molar-refractivity contribution in [1.82, 2.24) is 5.32 Å². The molecule has 2 atom stereocenters. The molecular formula is C16H16N2S. The molecule has 0 fully saturated rings. The van der Waals surface area contributed by atoms with Crippen molar-refractivity contribution in [3.05, 3.63) is 66.5 Å². The van der Waals surface area contributed by atoms with Crippen molar-refractivity contribution >= 4 is 17.4 Å². The summed E-state index contributed by atoms with van der Waals surface area (Å²) in [6.07, 6.45) is 8.28. The van der Waals surface area contributed by atoms with Gasteiger partial charge in [0, 0.05) is 17.5 Å². The van der Waals surface area contributed by atoms with Crippen molar-refractivity contribution in [1.29, 1.82) is 0 Å². The molecule has 0 radical (unpaired) electrons. The molecule has 2 aliphatic rings. The van der Waals surface area contributed by atoms with Crippen LogP contribution < -0.4 is 10.2 Å². The number of para-hydroxylation sites is 1. The van der Waals surface area contributed by atoms with Crippen LogP contribution in [-0.4, -0.2) is 18.6 Å². The summed E-state index contributed by atoms with van der Waals surface area (Å²) in [7, 11) is 2.12. The largest absolute Gasteiger partial charge is 0.349 e. The van der Waals surface area contributed by atoms with Gasteiger partial charge in [0.2, 0.25) is 0 Å². The first-order valence-electron chi connectivity index (χ1n) is 6.29. The van der Waals surface area contributed by atoms with Crippen molar-refractivity contribution in [3.8, 4) is 0 Å². The fourth-order valence-electron chi connectivity index (χ4n) is 2.33. The molecule has 0 amide bonds. The van der Waals surface area contributed by atoms with Gasteiger partial charge in [0.25, 0.3) is 0 Å². The van der Waals surface area contributed by atoms with Gasteiger partial charge in [-0.05, 0) is 18.2 Å². The van der Waals surface area contributed by atoms with Gasteiger partial charge >= 0.3 is 0 Å². The van der Waals surface area contributed by atoms with Crippen molar-refractivity contribution in [2.45, 2.75) is 16.4 Å². The molecule has 96 valence electrons. The third-order valence-corrected chi connectivity index (χ3v) is 4.66. The summed E-state index contributed by atoms with van der Waals surface area (Å²) in [5.74, 6) is 0. The van der Waals surface area contributed by atoms with Crippen LogP contribution >= 0.6 is 11.8 Å². The Morgan fingerprint density at radius 2 is 2.16 bits per heavy atom. The minimum Gasteiger partial charge on any atom is -0.349 e. The van der Waals surface area contributed by atoms with E-state index in [1.807, 2.05) is 17.8 Å². The first kappa shape index (κ1) is 12.4. The summed E-state index contributed by atoms with van der Waals surface area (Å²) in [6.45, 7) is 3.76. The van der Waals surface area contributed by atoms with Crippen LogP contribution in [0, 0.1) is 0 Å². The smallest absolute Gasteiger partial charge is 0.133 e. The van der Waals surface area contributed by atoms with E-state index in [9.17, 15) is 0 Å². The molecule has 1 heterocycles. The molecule has 1 aromatic rings. The van der Waals surface area contributed by atoms with Crippen LogP contribution in [0.4, 0.5) is 5.69 Å². The highest BCUT2D eigenvalue weighted by Gasteiger charge is 2.28. The Balaban J connectivity index is 1.78. The molecule has 2 unspecified atom stereocenters. The monoisotopic (exact) mass is 268 g/mol. The Labute approximate surface area is 118 Å². The van der Waals surface area contributed by atoms with Gasteiger partial charge in [0.1, 0.15) is 5.50 Å². The highest BCUT2D eigenvalue weighted by molar-refractivity contribution is 8.00. The molecule has 1 aliphatic heterocycles. The first-order valence-corrected chi connectivity index (χ1v) is 7.17. The summed E-state index contributed by atoms with van der Waals surface area (Å²) in [5.41, 5.74) is 5.61. The maximum Gasteiger partial charge on any atom is 0.133 e. The van der Waals surface area contributed by atoms with Crippen LogP contribution in [0.15, 0.2) is 71.3 Å². The zero-order valence-corrected chi connectivity index (χ0v) is 11.7. The lowest BCUT2D eigenvalue weighted by atomic mass is 10.0. The molecule has 3 heteroatoms. The zero-order chi connectivity index (χ0) is 13.2. The van der Waals surface area contributed by atoms with E-state index in [1.165, 1.54) is 10.6 Å². The standard InChI is InChI=1S/C16H16N2S/c1-3-12-8-4-5-9-13(12)17-16-18(2)14-10-6-7-11-15(14)19-16/h4-11,13,16-17H,1H2,2H3. The minimum atomic E-state index is 0.178. The first-order chi connectivity index (χ1) is 9.29. The third-order valence-electron chi connectivity index (χ3n) is 3.39. The quantitative estimate of drug-likeness (QED) is 0.828. The van der Waals surface area contributed by atoms with E-state index in [1.54, 1.807) is 0 Å². The maximum atomic E-state index is 3.76. The van der Waals surface area contributed by atoms with Crippen LogP contribution in [0.5, 0.6) is 0 Å². The van der Waals surface area contributed by atoms with Gasteiger partial charge in [-0.2, -0.15) is 0 Å². The molecule has 3 rings (SSSR count). The summed E-state index contributed by atoms with van der Waals surface area (Å²) >= 11 is 1.85. The van der Waals surface area contributed by atoms with Gasteiger partial charge in [0.15, 0.2) is 0 Å². The number of nitrogens with zero attached hydrogens (tertiary/aromatic N) is 1. The molecule has 2 nitrogen and oxygen atoms in total. The van der Waals surface area contributed by atoms with E-state index in [-0.39, 0.29) is 11.5 Å². The average molecular weight is 268 g/mol. The van der Waals surface area contributed by atoms with Gasteiger partial charge in [-0.1, -0.05) is 48.7 Å². The van der Waals surface area contributed by atoms with Gasteiger partial charge in [0.05, 0.1) is 11.7 Å². The number of hydrogen-bond donors (Lipinski definition) is 1. The second-order valence-electron chi connectivity index (χ2n) is 4.57. The predicted molar refractivity (Wildman–Crippen MR) is 82.3 cm³/mol. The molecular weight excluding hydrogens is 252 g/mol. The molecule has 0 bridgehead atoms. The third kappa shape index (κ3) is 2.28. The number of nitrogens with one attached hydrogen (secondary N) is 1. The van der Waals surface area contributed by atoms with Crippen molar-refractivity contribution in [2.75, 3.05) is 11.9 Å². The molecule has 19 heavy (non-hydrogen) atoms. The van der Waals surface area contributed by atoms with E-state index in [0.717, 1.165) is 5.57 Å². The van der Waals surface area contributed by atoms with Crippen LogP contribution in [0.25, 0.3) is 0 Å². The summed E-state index contributed by atoms with van der Waals surface area (Å²) in [4.78, 5) is 3.59. The van der Waals surface area contributed by atoms with Gasteiger partial charge in [-0.15, -0.1) is 5.73 Å². The Hall–Kier alpha value is -1.67. The molecule has 1 aliphatic carbocycles. The number of allylic oxidation sites excluding steroid dienone is 2. The Bertz CT molecular complexity index is 597. The fourth-order valence-corrected chi connectivity index (χ4v) is 3.55. The second kappa shape index (κ2) is 5.14. The topological polar surface area (TPSA) is 15.3 Å². The predicted octanol–water partition coefficient (Wildman–Crippen LogP) is 3.31. The maximum absolute atomic E-state index is 3.76. The molecule has 1 aromatic carbocycles. The second-order valence-corrected chi connectivity index (χ2v) is 5.69. The number of hydrogen-bond acceptors (Lipinski definition) is 3. The van der Waals surface area contributed by atoms with Gasteiger partial charge in [-0.3, -0.25) is 5.32 Å². The highest BCUT2D eigenvalue weighted by Crippen LogP contribution is 2.41. The number of rotatable bonds is 2. The van der Waals surface area contributed by atoms with Crippen molar-refractivity contribution in [2.24, 2.45) is 0 Å². The average Bonchev–Trinajstić information content (AvgIpc) is 2.77. The molecule has 0 spiro atoms. The van der Waals surface area contributed by atoms with Crippen LogP contribution in [0.1, 0.15) is 0 Å². The normalized spacial score (nSPS) is 24.5. The SMILES string of the molecule is C=C=C1C=CC=CC1NC1Sc2ccccc2N1C. The number of anilines is 1. The highest BCUT2D eigenvalue weighted by atomic mass is 32.2. The van der Waals surface area contributed by atoms with E-state index >= 15 is 0 Å². The number of benzene rings is 1. The summed E-state index contributed by atoms with van der Waals surface area (Å²) < 4.78 is 0. The van der Waals surface area contributed by atoms with Crippen LogP contribution in [0.2, 0.25) is 0 Å². The Kier molecular flexibility index (Phi) is 3.34. The van der Waals surface area contributed by atoms with E-state index < -0.39 is 0 Å². The Morgan fingerprint density at radius 3 is 2.95 bits per heavy atom. The lowest BCUT2D eigenvalue weighted by Crippen LogP contribution is -2.44. The fraction of sp³-hybridized carbons (Fsp3) is 0.188. The summed E-state index contributed by atoms with van der Waals surface area (Å²) in [5, 5.41) is 3.63. The van der Waals surface area contributed by atoms with Crippen LogP contribution in [0.3, 0.4) is 0 Å². The van der Waals surface area contributed by atoms with E-state index in [0.29, 0.717) is 0 Å². The zero-order valence-electron chi connectivity index (χ0n) is 10.8. The van der Waals surface area contributed by atoms with E-state index in [2.05, 4.69) is 72.1 Å². The van der Waals surface area contributed by atoms with Crippen molar-refractivity contribution < 1.29 is 0 Å². The summed E-state index contributed by atoms with van der Waals surface area (Å²) in [6, 6.07) is 8.66. The molecule has 0 aromatic heterocycles. The molecule has 0 saturated heterocycles. The Morgan fingerprint density at radius 1 is 1.32 bits per heavy atom. The van der Waals surface area contributed by atoms with Gasteiger partial charge in [-0.25, -0.2) is 0 Å². The number of thioether (sulfide) groups is 1. The van der Waals surface area contributed by atoms with E-state index in [4.69, 9.17) is 0 Å². The molecule has 0 saturated carbocycles. The lowest BCUT2D eigenvalue weighted by molar-refractivity contribution is 0.618. The van der Waals surface area contributed by atoms with Crippen LogP contribution in [-0.2, 0) is 0 Å². The lowest BCUT2D eigenvalue weighted by Gasteiger charge is -2.27. The molecule has 1 N–H and O–H groups in total. The van der Waals surface area contributed by atoms with Crippen molar-refractivity contribution in [3.63, 3.8) is 0 Å². The minimum absolute atomic E-state index is 0.178. The van der Waals surface area contributed by atoms with Gasteiger partial charge < -0.3 is 4.90 Å².